The fraction of sp³-hybridized carbons (Fsp3) is 0.778. The smallest absolute Gasteiger partial charge is 0.141 e. The van der Waals surface area contributed by atoms with Gasteiger partial charge in [0.2, 0.25) is 0 Å². The number of nitrogens with zero attached hydrogens (tertiary/aromatic N) is 3. The number of aromatic nitrogens is 3. The quantitative estimate of drug-likeness (QED) is 0.686. The number of rotatable bonds is 5. The third kappa shape index (κ3) is 2.99. The predicted octanol–water partition coefficient (Wildman–Crippen LogP) is 2.45. The predicted molar refractivity (Wildman–Crippen MR) is 53.7 cm³/mol. The van der Waals surface area contributed by atoms with Gasteiger partial charge in [-0.15, -0.1) is 11.6 Å². The molecule has 0 saturated heterocycles. The van der Waals surface area contributed by atoms with Crippen LogP contribution in [0.15, 0.2) is 6.33 Å². The van der Waals surface area contributed by atoms with Crippen LogP contribution in [0.3, 0.4) is 0 Å². The molecule has 0 amide bonds. The maximum absolute atomic E-state index is 5.71. The van der Waals surface area contributed by atoms with Crippen LogP contribution in [-0.2, 0) is 12.4 Å². The molecular formula is C9H16ClN3. The minimum Gasteiger partial charge on any atom is -0.249 e. The molecule has 3 nitrogen and oxygen atoms in total. The lowest BCUT2D eigenvalue weighted by Gasteiger charge is -2.10. The van der Waals surface area contributed by atoms with E-state index in [2.05, 4.69) is 23.9 Å². The Kier molecular flexibility index (Phi) is 4.22. The van der Waals surface area contributed by atoms with Crippen LogP contribution in [0.2, 0.25) is 0 Å². The van der Waals surface area contributed by atoms with E-state index >= 15 is 0 Å². The summed E-state index contributed by atoms with van der Waals surface area (Å²) in [5, 5.41) is 4.13. The average molecular weight is 202 g/mol. The van der Waals surface area contributed by atoms with Crippen molar-refractivity contribution in [2.75, 3.05) is 0 Å². The van der Waals surface area contributed by atoms with Crippen LogP contribution in [-0.4, -0.2) is 14.8 Å². The molecule has 4 heteroatoms. The first-order valence-corrected chi connectivity index (χ1v) is 5.24. The second-order valence-corrected chi connectivity index (χ2v) is 3.65. The normalized spacial score (nSPS) is 13.2. The van der Waals surface area contributed by atoms with E-state index in [1.807, 2.05) is 4.68 Å². The van der Waals surface area contributed by atoms with Crippen LogP contribution in [0.5, 0.6) is 0 Å². The van der Waals surface area contributed by atoms with E-state index in [1.165, 1.54) is 12.8 Å². The molecule has 1 aromatic heterocycles. The van der Waals surface area contributed by atoms with Crippen molar-refractivity contribution in [2.45, 2.75) is 39.1 Å². The van der Waals surface area contributed by atoms with Crippen LogP contribution in [0.4, 0.5) is 0 Å². The summed E-state index contributed by atoms with van der Waals surface area (Å²) in [6, 6.07) is 0. The maximum atomic E-state index is 5.71. The van der Waals surface area contributed by atoms with Crippen LogP contribution in [0, 0.1) is 5.92 Å². The Balaban J connectivity index is 2.52. The Morgan fingerprint density at radius 3 is 3.00 bits per heavy atom. The highest BCUT2D eigenvalue weighted by Gasteiger charge is 2.06. The van der Waals surface area contributed by atoms with Gasteiger partial charge in [-0.1, -0.05) is 20.3 Å². The van der Waals surface area contributed by atoms with Gasteiger partial charge in [0.1, 0.15) is 12.2 Å². The summed E-state index contributed by atoms with van der Waals surface area (Å²) >= 11 is 5.71. The topological polar surface area (TPSA) is 30.7 Å². The van der Waals surface area contributed by atoms with E-state index in [1.54, 1.807) is 6.33 Å². The highest BCUT2D eigenvalue weighted by Crippen LogP contribution is 2.09. The van der Waals surface area contributed by atoms with Crippen molar-refractivity contribution in [3.8, 4) is 0 Å². The molecule has 0 fully saturated rings. The minimum absolute atomic E-state index is 0.443. The van der Waals surface area contributed by atoms with Gasteiger partial charge in [0, 0.05) is 6.54 Å². The van der Waals surface area contributed by atoms with Gasteiger partial charge in [0.25, 0.3) is 0 Å². The standard InChI is InChI=1S/C9H16ClN3/c1-3-4-8(2)6-13-9(5-10)11-7-12-13/h7-8H,3-6H2,1-2H3. The van der Waals surface area contributed by atoms with Gasteiger partial charge < -0.3 is 0 Å². The van der Waals surface area contributed by atoms with Gasteiger partial charge >= 0.3 is 0 Å². The number of halogens is 1. The second-order valence-electron chi connectivity index (χ2n) is 3.39. The van der Waals surface area contributed by atoms with Gasteiger partial charge in [-0.2, -0.15) is 5.10 Å². The van der Waals surface area contributed by atoms with E-state index in [-0.39, 0.29) is 0 Å². The van der Waals surface area contributed by atoms with Crippen molar-refractivity contribution in [2.24, 2.45) is 5.92 Å². The molecule has 0 saturated carbocycles. The van der Waals surface area contributed by atoms with Crippen molar-refractivity contribution in [3.05, 3.63) is 12.2 Å². The fourth-order valence-electron chi connectivity index (χ4n) is 1.42. The molecule has 74 valence electrons. The summed E-state index contributed by atoms with van der Waals surface area (Å²) in [6.07, 6.45) is 4.00. The van der Waals surface area contributed by atoms with E-state index in [0.717, 1.165) is 12.4 Å². The van der Waals surface area contributed by atoms with Gasteiger partial charge in [-0.25, -0.2) is 9.67 Å². The number of alkyl halides is 1. The molecule has 1 atom stereocenters. The van der Waals surface area contributed by atoms with Gasteiger partial charge in [-0.3, -0.25) is 0 Å². The minimum atomic E-state index is 0.443. The molecule has 0 bridgehead atoms. The molecule has 0 aromatic carbocycles. The Labute approximate surface area is 84.1 Å². The molecule has 0 aliphatic heterocycles. The third-order valence-corrected chi connectivity index (χ3v) is 2.32. The van der Waals surface area contributed by atoms with Gasteiger partial charge in [0.15, 0.2) is 0 Å². The van der Waals surface area contributed by atoms with Crippen molar-refractivity contribution in [1.29, 1.82) is 0 Å². The number of hydrogen-bond donors (Lipinski definition) is 0. The molecule has 0 aliphatic rings. The molecule has 1 rings (SSSR count). The zero-order valence-corrected chi connectivity index (χ0v) is 8.96. The van der Waals surface area contributed by atoms with Crippen LogP contribution in [0.25, 0.3) is 0 Å². The molecule has 1 unspecified atom stereocenters. The Morgan fingerprint density at radius 1 is 1.62 bits per heavy atom. The first kappa shape index (κ1) is 10.5. The monoisotopic (exact) mass is 201 g/mol. The van der Waals surface area contributed by atoms with E-state index in [4.69, 9.17) is 11.6 Å². The highest BCUT2D eigenvalue weighted by atomic mass is 35.5. The first-order valence-electron chi connectivity index (χ1n) is 4.70. The zero-order chi connectivity index (χ0) is 9.68. The van der Waals surface area contributed by atoms with Crippen molar-refractivity contribution < 1.29 is 0 Å². The Bertz CT molecular complexity index is 247. The SMILES string of the molecule is CCCC(C)Cn1ncnc1CCl. The Hall–Kier alpha value is -0.570. The summed E-state index contributed by atoms with van der Waals surface area (Å²) in [6.45, 7) is 5.35. The van der Waals surface area contributed by atoms with Crippen molar-refractivity contribution in [3.63, 3.8) is 0 Å². The highest BCUT2D eigenvalue weighted by molar-refractivity contribution is 6.16. The average Bonchev–Trinajstić information content (AvgIpc) is 2.52. The van der Waals surface area contributed by atoms with Crippen LogP contribution < -0.4 is 0 Å². The lowest BCUT2D eigenvalue weighted by molar-refractivity contribution is 0.413. The van der Waals surface area contributed by atoms with Crippen LogP contribution >= 0.6 is 11.6 Å². The molecule has 1 heterocycles. The maximum Gasteiger partial charge on any atom is 0.141 e. The summed E-state index contributed by atoms with van der Waals surface area (Å²) in [7, 11) is 0. The second kappa shape index (κ2) is 5.22. The first-order chi connectivity index (χ1) is 6.27. The van der Waals surface area contributed by atoms with E-state index < -0.39 is 0 Å². The molecule has 0 radical (unpaired) electrons. The lowest BCUT2D eigenvalue weighted by atomic mass is 10.1. The molecule has 13 heavy (non-hydrogen) atoms. The van der Waals surface area contributed by atoms with E-state index in [9.17, 15) is 0 Å². The summed E-state index contributed by atoms with van der Waals surface area (Å²) in [4.78, 5) is 4.07. The largest absolute Gasteiger partial charge is 0.249 e. The van der Waals surface area contributed by atoms with Crippen molar-refractivity contribution >= 4 is 11.6 Å². The number of hydrogen-bond acceptors (Lipinski definition) is 2. The van der Waals surface area contributed by atoms with Crippen LogP contribution in [0.1, 0.15) is 32.5 Å². The summed E-state index contributed by atoms with van der Waals surface area (Å²) in [5.74, 6) is 1.96. The molecular weight excluding hydrogens is 186 g/mol. The molecule has 1 aromatic rings. The lowest BCUT2D eigenvalue weighted by Crippen LogP contribution is -2.11. The molecule has 0 N–H and O–H groups in total. The summed E-state index contributed by atoms with van der Waals surface area (Å²) < 4.78 is 1.90. The van der Waals surface area contributed by atoms with Gasteiger partial charge in [-0.05, 0) is 12.3 Å². The zero-order valence-electron chi connectivity index (χ0n) is 8.20. The van der Waals surface area contributed by atoms with Crippen molar-refractivity contribution in [1.82, 2.24) is 14.8 Å². The van der Waals surface area contributed by atoms with E-state index in [0.29, 0.717) is 11.8 Å². The molecule has 0 aliphatic carbocycles. The summed E-state index contributed by atoms with van der Waals surface area (Å²) in [5.41, 5.74) is 0. The third-order valence-electron chi connectivity index (χ3n) is 2.08. The molecule has 0 spiro atoms. The Morgan fingerprint density at radius 2 is 2.38 bits per heavy atom. The fourth-order valence-corrected chi connectivity index (χ4v) is 1.63. The van der Waals surface area contributed by atoms with Gasteiger partial charge in [0.05, 0.1) is 5.88 Å².